The van der Waals surface area contributed by atoms with Crippen molar-refractivity contribution in [2.45, 2.75) is 0 Å². The Balaban J connectivity index is 0. The van der Waals surface area contributed by atoms with Crippen LogP contribution >= 0.6 is 0 Å². The first-order valence-electron chi connectivity index (χ1n) is 0. The fraction of sp³-hybridized carbons (Fsp3) is 0. The summed E-state index contributed by atoms with van der Waals surface area (Å²) in [6.45, 7) is 0. The van der Waals surface area contributed by atoms with Crippen molar-refractivity contribution < 1.29 is 32.9 Å². The minimum atomic E-state index is 0. The Morgan fingerprint density at radius 3 is 0.375 bits per heavy atom. The number of hydrogen-bond acceptors (Lipinski definition) is 0. The Hall–Kier alpha value is 1.53. The van der Waals surface area contributed by atoms with Gasteiger partial charge in [0.1, 0.15) is 0 Å². The molecule has 0 atom stereocenters. The van der Waals surface area contributed by atoms with Crippen LogP contribution in [0, 0.1) is 0 Å². The largest absolute Gasteiger partial charge is 2.00 e. The van der Waals surface area contributed by atoms with Gasteiger partial charge >= 0.3 is 0 Å². The van der Waals surface area contributed by atoms with Crippen LogP contribution < -0.4 is 0 Å². The second kappa shape index (κ2) is 207. The second-order valence-corrected chi connectivity index (χ2v) is 0. The molecule has 0 bridgehead atoms. The van der Waals surface area contributed by atoms with Gasteiger partial charge in [-0.25, -0.2) is 0 Å². The fourth-order valence-electron chi connectivity index (χ4n) is 0. The topological polar surface area (TPSA) is 174 Å². The van der Waals surface area contributed by atoms with Gasteiger partial charge in [-0.2, -0.15) is 0 Å². The summed E-state index contributed by atoms with van der Waals surface area (Å²) in [4.78, 5) is 0. The first-order chi connectivity index (χ1) is 0. The average molecular weight is 516 g/mol. The first-order valence-corrected chi connectivity index (χ1v) is 0. The van der Waals surface area contributed by atoms with Crippen molar-refractivity contribution >= 4 is 52.4 Å². The maximum Gasteiger partial charge on any atom is 0 e. The van der Waals surface area contributed by atoms with Gasteiger partial charge < -0.3 is 32.9 Å². The molecule has 0 spiro atoms. The molecular weight excluding hydrogens is 514 g/mol. The Labute approximate surface area is 84.7 Å². The molecule has 0 aliphatic heterocycles. The summed E-state index contributed by atoms with van der Waals surface area (Å²) in [6, 6.07) is 0. The third-order valence-corrected chi connectivity index (χ3v) is 0. The molecule has 0 saturated heterocycles. The zero-order valence-corrected chi connectivity index (χ0v) is 10.4. The van der Waals surface area contributed by atoms with Crippen LogP contribution in [-0.2, 0) is 27.4 Å². The van der Waals surface area contributed by atoms with Gasteiger partial charge in [-0.1, -0.05) is 0 Å². The minimum absolute atomic E-state index is 0. The molecule has 0 aromatic carbocycles. The van der Waals surface area contributed by atoms with Crippen LogP contribution in [0.4, 0.5) is 0 Å². The monoisotopic (exact) mass is 516 g/mol. The molecule has 0 heterocycles. The molecular formula is H2Bi2O6-10. The molecule has 6 radical (unpaired) electrons. The van der Waals surface area contributed by atoms with Crippen LogP contribution in [-0.4, -0.2) is 57.9 Å². The normalized spacial score (nSPS) is 0. The van der Waals surface area contributed by atoms with Gasteiger partial charge in [-0.05, 0) is 0 Å². The first kappa shape index (κ1) is 297. The molecule has 0 aromatic rings. The van der Waals surface area contributed by atoms with E-state index >= 15 is 0 Å². The van der Waals surface area contributed by atoms with E-state index < -0.39 is 0 Å². The third kappa shape index (κ3) is 138. The quantitative estimate of drug-likeness (QED) is 0.319. The smallest absolute Gasteiger partial charge is 0 e. The van der Waals surface area contributed by atoms with E-state index in [0.29, 0.717) is 0 Å². The molecule has 58 valence electrons. The molecule has 8 heteroatoms. The summed E-state index contributed by atoms with van der Waals surface area (Å²) in [7, 11) is 0. The Kier molecular flexibility index (Phi) is 7710. The molecule has 6 nitrogen and oxygen atoms in total. The Morgan fingerprint density at radius 2 is 0.375 bits per heavy atom. The predicted octanol–water partition coefficient (Wildman–Crippen LogP) is -2.18. The molecule has 2 N–H and O–H groups in total. The molecule has 0 rings (SSSR count). The average Bonchev–Trinajstić information content (AvgIpc) is 0. The molecule has 8 heavy (non-hydrogen) atoms. The van der Waals surface area contributed by atoms with E-state index in [1.807, 2.05) is 0 Å². The van der Waals surface area contributed by atoms with Crippen molar-refractivity contribution in [2.24, 2.45) is 0 Å². The van der Waals surface area contributed by atoms with Crippen molar-refractivity contribution in [3.63, 3.8) is 0 Å². The minimum Gasteiger partial charge on any atom is -2.00 e. The molecule has 0 saturated carbocycles. The summed E-state index contributed by atoms with van der Waals surface area (Å²) < 4.78 is 0. The summed E-state index contributed by atoms with van der Waals surface area (Å²) in [5.74, 6) is 0. The molecule has 0 aliphatic rings. The van der Waals surface area contributed by atoms with Crippen LogP contribution in [0.15, 0.2) is 0 Å². The van der Waals surface area contributed by atoms with Crippen molar-refractivity contribution in [1.82, 2.24) is 0 Å². The van der Waals surface area contributed by atoms with Crippen LogP contribution in [0.5, 0.6) is 0 Å². The van der Waals surface area contributed by atoms with Gasteiger partial charge in [-0.15, -0.1) is 0 Å². The summed E-state index contributed by atoms with van der Waals surface area (Å²) in [5.41, 5.74) is 0. The summed E-state index contributed by atoms with van der Waals surface area (Å²) in [5, 5.41) is 0. The third-order valence-electron chi connectivity index (χ3n) is 0. The van der Waals surface area contributed by atoms with Crippen LogP contribution in [0.25, 0.3) is 0 Å². The molecule has 0 amide bonds. The number of hydrogen-bond donors (Lipinski definition) is 0. The van der Waals surface area contributed by atoms with E-state index in [1.54, 1.807) is 0 Å². The van der Waals surface area contributed by atoms with Crippen molar-refractivity contribution in [3.05, 3.63) is 0 Å². The summed E-state index contributed by atoms with van der Waals surface area (Å²) >= 11 is 0. The second-order valence-electron chi connectivity index (χ2n) is 0. The van der Waals surface area contributed by atoms with Crippen molar-refractivity contribution in [1.29, 1.82) is 0 Å². The maximum absolute atomic E-state index is 0. The van der Waals surface area contributed by atoms with E-state index in [-0.39, 0.29) is 85.3 Å². The van der Waals surface area contributed by atoms with Crippen molar-refractivity contribution in [2.75, 3.05) is 0 Å². The van der Waals surface area contributed by atoms with Gasteiger partial charge in [0, 0.05) is 52.4 Å². The molecule has 0 aromatic heterocycles. The number of rotatable bonds is 0. The fourth-order valence-corrected chi connectivity index (χ4v) is 0. The van der Waals surface area contributed by atoms with Crippen molar-refractivity contribution in [3.8, 4) is 0 Å². The molecule has 0 unspecified atom stereocenters. The SMILES string of the molecule is O.[Bi].[Bi].[O-2].[O-2].[O-2].[O-2].[O-2]. The Bertz CT molecular complexity index is 6.49. The zero-order chi connectivity index (χ0) is 0. The van der Waals surface area contributed by atoms with E-state index in [9.17, 15) is 0 Å². The zero-order valence-electron chi connectivity index (χ0n) is 3.44. The molecule has 0 fully saturated rings. The van der Waals surface area contributed by atoms with E-state index in [0.717, 1.165) is 0 Å². The maximum atomic E-state index is 0. The standard InChI is InChI=1S/2Bi.H2O.5O/h;;1H2;;;;;/q;;;5*-2. The predicted molar refractivity (Wildman–Crippen MR) is 18.6 cm³/mol. The van der Waals surface area contributed by atoms with Gasteiger partial charge in [0.25, 0.3) is 0 Å². The Morgan fingerprint density at radius 1 is 0.375 bits per heavy atom. The molecule has 0 aliphatic carbocycles. The van der Waals surface area contributed by atoms with Gasteiger partial charge in [0.15, 0.2) is 0 Å². The van der Waals surface area contributed by atoms with E-state index in [2.05, 4.69) is 0 Å². The van der Waals surface area contributed by atoms with Gasteiger partial charge in [-0.3, -0.25) is 0 Å². The van der Waals surface area contributed by atoms with E-state index in [4.69, 9.17) is 0 Å². The van der Waals surface area contributed by atoms with E-state index in [1.165, 1.54) is 0 Å². The van der Waals surface area contributed by atoms with Crippen LogP contribution in [0.3, 0.4) is 0 Å². The van der Waals surface area contributed by atoms with Gasteiger partial charge in [0.2, 0.25) is 0 Å². The summed E-state index contributed by atoms with van der Waals surface area (Å²) in [6.07, 6.45) is 0. The van der Waals surface area contributed by atoms with Gasteiger partial charge in [0.05, 0.1) is 0 Å². The van der Waals surface area contributed by atoms with Crippen LogP contribution in [0.2, 0.25) is 0 Å². The van der Waals surface area contributed by atoms with Crippen LogP contribution in [0.1, 0.15) is 0 Å².